The third-order valence-corrected chi connectivity index (χ3v) is 2.19. The number of nitrogens with zero attached hydrogens (tertiary/aromatic N) is 1. The molecule has 0 heterocycles. The maximum atomic E-state index is 9.49. The van der Waals surface area contributed by atoms with Gasteiger partial charge in [-0.05, 0) is 31.5 Å². The molecule has 1 aromatic carbocycles. The molecule has 0 radical (unpaired) electrons. The number of rotatable bonds is 5. The van der Waals surface area contributed by atoms with Crippen LogP contribution in [0.5, 0.6) is 5.75 Å². The molecule has 0 saturated heterocycles. The highest BCUT2D eigenvalue weighted by Crippen LogP contribution is 2.14. The molecule has 3 heteroatoms. The molecule has 3 nitrogen and oxygen atoms in total. The Kier molecular flexibility index (Phi) is 4.33. The third kappa shape index (κ3) is 4.81. The topological polar surface area (TPSA) is 53.2 Å². The van der Waals surface area contributed by atoms with Crippen LogP contribution in [0.3, 0.4) is 0 Å². The van der Waals surface area contributed by atoms with Crippen LogP contribution in [0.25, 0.3) is 0 Å². The fraction of sp³-hybridized carbons (Fsp3) is 0.462. The average Bonchev–Trinajstić information content (AvgIpc) is 2.19. The third-order valence-electron chi connectivity index (χ3n) is 2.19. The summed E-state index contributed by atoms with van der Waals surface area (Å²) in [5.74, 6) is 0.769. The van der Waals surface area contributed by atoms with Crippen LogP contribution in [0.4, 0.5) is 0 Å². The molecule has 0 fully saturated rings. The van der Waals surface area contributed by atoms with Gasteiger partial charge in [-0.1, -0.05) is 12.1 Å². The van der Waals surface area contributed by atoms with E-state index in [9.17, 15) is 5.11 Å². The number of nitriles is 1. The van der Waals surface area contributed by atoms with E-state index in [1.807, 2.05) is 24.3 Å². The van der Waals surface area contributed by atoms with E-state index in [1.165, 1.54) is 0 Å². The highest BCUT2D eigenvalue weighted by atomic mass is 16.5. The van der Waals surface area contributed by atoms with Gasteiger partial charge in [0.2, 0.25) is 0 Å². The van der Waals surface area contributed by atoms with Gasteiger partial charge in [-0.2, -0.15) is 5.26 Å². The molecule has 1 aromatic rings. The van der Waals surface area contributed by atoms with Gasteiger partial charge in [0.1, 0.15) is 5.75 Å². The van der Waals surface area contributed by atoms with E-state index in [0.29, 0.717) is 19.4 Å². The van der Waals surface area contributed by atoms with Crippen molar-refractivity contribution in [3.63, 3.8) is 0 Å². The Hall–Kier alpha value is -1.53. The van der Waals surface area contributed by atoms with Crippen LogP contribution in [-0.2, 0) is 6.42 Å². The number of benzene rings is 1. The first-order valence-electron chi connectivity index (χ1n) is 5.32. The van der Waals surface area contributed by atoms with Crippen molar-refractivity contribution in [3.8, 4) is 11.8 Å². The second kappa shape index (κ2) is 5.53. The zero-order chi connectivity index (χ0) is 12.0. The summed E-state index contributed by atoms with van der Waals surface area (Å²) < 4.78 is 5.47. The first-order chi connectivity index (χ1) is 7.51. The molecule has 0 amide bonds. The Labute approximate surface area is 96.3 Å². The fourth-order valence-electron chi connectivity index (χ4n) is 1.21. The van der Waals surface area contributed by atoms with E-state index in [1.54, 1.807) is 13.8 Å². The molecule has 0 aliphatic carbocycles. The predicted octanol–water partition coefficient (Wildman–Crippen LogP) is 2.29. The maximum Gasteiger partial charge on any atom is 0.119 e. The van der Waals surface area contributed by atoms with E-state index in [0.717, 1.165) is 11.3 Å². The standard InChI is InChI=1S/C13H17NO2/c1-13(2,15)8-10-16-12-5-3-11(4-6-12)7-9-14/h3-6,15H,7-8,10H2,1-2H3. The maximum absolute atomic E-state index is 9.49. The minimum Gasteiger partial charge on any atom is -0.493 e. The average molecular weight is 219 g/mol. The largest absolute Gasteiger partial charge is 0.493 e. The van der Waals surface area contributed by atoms with Crippen molar-refractivity contribution < 1.29 is 9.84 Å². The lowest BCUT2D eigenvalue weighted by atomic mass is 10.1. The van der Waals surface area contributed by atoms with Crippen LogP contribution in [-0.4, -0.2) is 17.3 Å². The number of hydrogen-bond donors (Lipinski definition) is 1. The predicted molar refractivity (Wildman–Crippen MR) is 62.2 cm³/mol. The molecule has 1 N–H and O–H groups in total. The van der Waals surface area contributed by atoms with E-state index >= 15 is 0 Å². The number of ether oxygens (including phenoxy) is 1. The van der Waals surface area contributed by atoms with Crippen molar-refractivity contribution in [2.75, 3.05) is 6.61 Å². The molecule has 0 spiro atoms. The smallest absolute Gasteiger partial charge is 0.119 e. The van der Waals surface area contributed by atoms with Gasteiger partial charge < -0.3 is 9.84 Å². The minimum absolute atomic E-state index is 0.421. The van der Waals surface area contributed by atoms with E-state index in [2.05, 4.69) is 6.07 Å². The molecule has 0 saturated carbocycles. The summed E-state index contributed by atoms with van der Waals surface area (Å²) in [5.41, 5.74) is 0.290. The Morgan fingerprint density at radius 1 is 1.31 bits per heavy atom. The van der Waals surface area contributed by atoms with Gasteiger partial charge in [-0.3, -0.25) is 0 Å². The van der Waals surface area contributed by atoms with Crippen LogP contribution in [0.2, 0.25) is 0 Å². The summed E-state index contributed by atoms with van der Waals surface area (Å²) in [7, 11) is 0. The Bertz CT molecular complexity index is 357. The number of hydrogen-bond acceptors (Lipinski definition) is 3. The molecule has 0 bridgehead atoms. The lowest BCUT2D eigenvalue weighted by molar-refractivity contribution is 0.0553. The number of aliphatic hydroxyl groups is 1. The van der Waals surface area contributed by atoms with Gasteiger partial charge in [-0.25, -0.2) is 0 Å². The zero-order valence-corrected chi connectivity index (χ0v) is 9.73. The van der Waals surface area contributed by atoms with E-state index in [4.69, 9.17) is 10.00 Å². The van der Waals surface area contributed by atoms with Crippen molar-refractivity contribution in [2.45, 2.75) is 32.3 Å². The second-order valence-corrected chi connectivity index (χ2v) is 4.39. The first kappa shape index (κ1) is 12.5. The van der Waals surface area contributed by atoms with Crippen LogP contribution in [0.15, 0.2) is 24.3 Å². The Balaban J connectivity index is 2.41. The molecular weight excluding hydrogens is 202 g/mol. The molecule has 1 rings (SSSR count). The second-order valence-electron chi connectivity index (χ2n) is 4.39. The summed E-state index contributed by atoms with van der Waals surface area (Å²) >= 11 is 0. The van der Waals surface area contributed by atoms with Gasteiger partial charge in [0.15, 0.2) is 0 Å². The molecule has 0 aromatic heterocycles. The van der Waals surface area contributed by atoms with Crippen LogP contribution in [0, 0.1) is 11.3 Å². The lowest BCUT2D eigenvalue weighted by Crippen LogP contribution is -2.21. The molecule has 0 atom stereocenters. The summed E-state index contributed by atoms with van der Waals surface area (Å²) in [6.07, 6.45) is 1.01. The summed E-state index contributed by atoms with van der Waals surface area (Å²) in [6.45, 7) is 4.00. The molecule has 0 aliphatic rings. The fourth-order valence-corrected chi connectivity index (χ4v) is 1.21. The van der Waals surface area contributed by atoms with Gasteiger partial charge in [-0.15, -0.1) is 0 Å². The zero-order valence-electron chi connectivity index (χ0n) is 9.73. The van der Waals surface area contributed by atoms with Crippen molar-refractivity contribution >= 4 is 0 Å². The van der Waals surface area contributed by atoms with Crippen molar-refractivity contribution in [2.24, 2.45) is 0 Å². The summed E-state index contributed by atoms with van der Waals surface area (Å²) in [5, 5.41) is 18.0. The quantitative estimate of drug-likeness (QED) is 0.826. The van der Waals surface area contributed by atoms with Crippen molar-refractivity contribution in [1.82, 2.24) is 0 Å². The normalized spacial score (nSPS) is 10.9. The van der Waals surface area contributed by atoms with Gasteiger partial charge >= 0.3 is 0 Å². The van der Waals surface area contributed by atoms with Gasteiger partial charge in [0.25, 0.3) is 0 Å². The van der Waals surface area contributed by atoms with Crippen LogP contribution in [0.1, 0.15) is 25.8 Å². The Morgan fingerprint density at radius 3 is 2.44 bits per heavy atom. The molecule has 86 valence electrons. The first-order valence-corrected chi connectivity index (χ1v) is 5.32. The summed E-state index contributed by atoms with van der Waals surface area (Å²) in [6, 6.07) is 9.54. The monoisotopic (exact) mass is 219 g/mol. The minimum atomic E-state index is -0.694. The van der Waals surface area contributed by atoms with Gasteiger partial charge in [0.05, 0.1) is 24.7 Å². The van der Waals surface area contributed by atoms with E-state index in [-0.39, 0.29) is 0 Å². The molecular formula is C13H17NO2. The SMILES string of the molecule is CC(C)(O)CCOc1ccc(CC#N)cc1. The van der Waals surface area contributed by atoms with Gasteiger partial charge in [0, 0.05) is 6.42 Å². The van der Waals surface area contributed by atoms with Crippen molar-refractivity contribution in [3.05, 3.63) is 29.8 Å². The lowest BCUT2D eigenvalue weighted by Gasteiger charge is -2.17. The Morgan fingerprint density at radius 2 is 1.94 bits per heavy atom. The van der Waals surface area contributed by atoms with Crippen LogP contribution >= 0.6 is 0 Å². The highest BCUT2D eigenvalue weighted by Gasteiger charge is 2.11. The highest BCUT2D eigenvalue weighted by molar-refractivity contribution is 5.28. The van der Waals surface area contributed by atoms with Crippen LogP contribution < -0.4 is 4.74 Å². The van der Waals surface area contributed by atoms with Crippen molar-refractivity contribution in [1.29, 1.82) is 5.26 Å². The molecule has 0 unspecified atom stereocenters. The summed E-state index contributed by atoms with van der Waals surface area (Å²) in [4.78, 5) is 0. The molecule has 16 heavy (non-hydrogen) atoms. The molecule has 0 aliphatic heterocycles. The van der Waals surface area contributed by atoms with E-state index < -0.39 is 5.60 Å².